The molecule has 2 aromatic rings. The summed E-state index contributed by atoms with van der Waals surface area (Å²) in [6.07, 6.45) is -4.83. The first-order valence-electron chi connectivity index (χ1n) is 7.14. The topological polar surface area (TPSA) is 47.9 Å². The van der Waals surface area contributed by atoms with Gasteiger partial charge in [-0.2, -0.15) is 0 Å². The van der Waals surface area contributed by atoms with Crippen LogP contribution in [0.15, 0.2) is 42.5 Å². The summed E-state index contributed by atoms with van der Waals surface area (Å²) in [5.41, 5.74) is 1.84. The first-order chi connectivity index (χ1) is 11.4. The third-order valence-corrected chi connectivity index (χ3v) is 3.16. The highest BCUT2D eigenvalue weighted by Gasteiger charge is 2.32. The lowest BCUT2D eigenvalue weighted by Crippen LogP contribution is -2.18. The Hall–Kier alpha value is -2.25. The van der Waals surface area contributed by atoms with Crippen LogP contribution >= 0.6 is 0 Å². The maximum absolute atomic E-state index is 12.6. The fraction of sp³-hybridized carbons (Fsp3) is 0.294. The molecule has 24 heavy (non-hydrogen) atoms. The smallest absolute Gasteiger partial charge is 0.487 e. The summed E-state index contributed by atoms with van der Waals surface area (Å²) in [5.74, 6) is -0.447. The fourth-order valence-corrected chi connectivity index (χ4v) is 2.10. The number of ether oxygens (including phenoxy) is 3. The average Bonchev–Trinajstić information content (AvgIpc) is 2.55. The van der Waals surface area contributed by atoms with Crippen molar-refractivity contribution in [3.8, 4) is 22.6 Å². The lowest BCUT2D eigenvalue weighted by Gasteiger charge is -2.15. The molecule has 0 amide bonds. The van der Waals surface area contributed by atoms with E-state index < -0.39 is 12.1 Å². The maximum Gasteiger partial charge on any atom is 0.573 e. The third-order valence-electron chi connectivity index (χ3n) is 3.16. The summed E-state index contributed by atoms with van der Waals surface area (Å²) < 4.78 is 52.0. The summed E-state index contributed by atoms with van der Waals surface area (Å²) in [4.78, 5) is 0. The largest absolute Gasteiger partial charge is 0.573 e. The Labute approximate surface area is 137 Å². The molecular weight excluding hydrogens is 325 g/mol. The minimum absolute atomic E-state index is 0.0218. The van der Waals surface area contributed by atoms with Gasteiger partial charge in [0.05, 0.1) is 13.2 Å². The molecule has 0 atom stereocenters. The van der Waals surface area contributed by atoms with Crippen LogP contribution in [0.3, 0.4) is 0 Å². The molecule has 130 valence electrons. The van der Waals surface area contributed by atoms with Crippen molar-refractivity contribution in [3.63, 3.8) is 0 Å². The van der Waals surface area contributed by atoms with Crippen molar-refractivity contribution in [3.05, 3.63) is 48.0 Å². The normalized spacial score (nSPS) is 11.4. The lowest BCUT2D eigenvalue weighted by molar-refractivity contribution is -0.275. The molecule has 0 radical (unpaired) electrons. The zero-order chi connectivity index (χ0) is 17.6. The van der Waals surface area contributed by atoms with E-state index >= 15 is 0 Å². The van der Waals surface area contributed by atoms with Gasteiger partial charge in [0.15, 0.2) is 11.5 Å². The molecule has 0 aromatic heterocycles. The Bertz CT molecular complexity index is 671. The van der Waals surface area contributed by atoms with E-state index in [1.165, 1.54) is 19.2 Å². The van der Waals surface area contributed by atoms with Crippen molar-refractivity contribution in [2.75, 3.05) is 20.3 Å². The summed E-state index contributed by atoms with van der Waals surface area (Å²) in [6.45, 7) is 0.188. The van der Waals surface area contributed by atoms with Crippen LogP contribution in [0.2, 0.25) is 0 Å². The van der Waals surface area contributed by atoms with Gasteiger partial charge >= 0.3 is 6.36 Å². The predicted molar refractivity (Wildman–Crippen MR) is 81.9 cm³/mol. The van der Waals surface area contributed by atoms with Gasteiger partial charge < -0.3 is 19.3 Å². The van der Waals surface area contributed by atoms with Crippen molar-refractivity contribution in [1.29, 1.82) is 0 Å². The number of rotatable bonds is 7. The maximum atomic E-state index is 12.6. The molecule has 0 spiro atoms. The van der Waals surface area contributed by atoms with Crippen LogP contribution in [0.25, 0.3) is 11.1 Å². The Kier molecular flexibility index (Phi) is 6.05. The van der Waals surface area contributed by atoms with E-state index in [2.05, 4.69) is 4.74 Å². The summed E-state index contributed by atoms with van der Waals surface area (Å²) >= 11 is 0. The zero-order valence-corrected chi connectivity index (χ0v) is 13.0. The highest BCUT2D eigenvalue weighted by molar-refractivity contribution is 5.67. The second-order valence-corrected chi connectivity index (χ2v) is 4.91. The Morgan fingerprint density at radius 1 is 0.958 bits per heavy atom. The molecule has 0 heterocycles. The van der Waals surface area contributed by atoms with E-state index in [0.717, 1.165) is 0 Å². The minimum atomic E-state index is -4.83. The molecule has 2 aromatic carbocycles. The van der Waals surface area contributed by atoms with Crippen LogP contribution in [0, 0.1) is 0 Å². The second-order valence-electron chi connectivity index (χ2n) is 4.91. The van der Waals surface area contributed by atoms with Crippen molar-refractivity contribution in [2.24, 2.45) is 0 Å². The molecule has 0 unspecified atom stereocenters. The molecule has 0 aliphatic heterocycles. The van der Waals surface area contributed by atoms with Gasteiger partial charge in [-0.15, -0.1) is 13.2 Å². The molecule has 0 saturated heterocycles. The Balaban J connectivity index is 2.34. The van der Waals surface area contributed by atoms with E-state index in [-0.39, 0.29) is 25.6 Å². The number of aliphatic hydroxyl groups excluding tert-OH is 1. The van der Waals surface area contributed by atoms with Gasteiger partial charge in [-0.3, -0.25) is 0 Å². The van der Waals surface area contributed by atoms with Crippen LogP contribution < -0.4 is 9.47 Å². The third kappa shape index (κ3) is 5.14. The van der Waals surface area contributed by atoms with Crippen LogP contribution in [0.1, 0.15) is 5.56 Å². The van der Waals surface area contributed by atoms with Crippen molar-refractivity contribution in [2.45, 2.75) is 13.0 Å². The molecule has 0 aliphatic carbocycles. The van der Waals surface area contributed by atoms with E-state index in [9.17, 15) is 18.3 Å². The number of hydrogen-bond donors (Lipinski definition) is 1. The summed E-state index contributed by atoms with van der Waals surface area (Å²) in [7, 11) is 1.47. The fourth-order valence-electron chi connectivity index (χ4n) is 2.10. The minimum Gasteiger partial charge on any atom is -0.487 e. The Morgan fingerprint density at radius 2 is 1.71 bits per heavy atom. The molecule has 0 bridgehead atoms. The molecule has 7 heteroatoms. The first kappa shape index (κ1) is 18.1. The second kappa shape index (κ2) is 8.03. The van der Waals surface area contributed by atoms with Crippen molar-refractivity contribution in [1.82, 2.24) is 0 Å². The number of hydrogen-bond acceptors (Lipinski definition) is 4. The van der Waals surface area contributed by atoms with Crippen molar-refractivity contribution < 1.29 is 32.5 Å². The highest BCUT2D eigenvalue weighted by atomic mass is 19.4. The molecule has 0 saturated carbocycles. The molecule has 4 nitrogen and oxygen atoms in total. The number of alkyl halides is 3. The molecule has 2 rings (SSSR count). The van der Waals surface area contributed by atoms with E-state index in [0.29, 0.717) is 16.7 Å². The van der Waals surface area contributed by atoms with Crippen molar-refractivity contribution >= 4 is 0 Å². The van der Waals surface area contributed by atoms with Crippen LogP contribution in [-0.4, -0.2) is 31.8 Å². The number of benzene rings is 2. The van der Waals surface area contributed by atoms with Gasteiger partial charge in [-0.05, 0) is 34.9 Å². The van der Waals surface area contributed by atoms with Gasteiger partial charge in [0, 0.05) is 7.11 Å². The number of halogens is 3. The molecule has 1 N–H and O–H groups in total. The van der Waals surface area contributed by atoms with E-state index in [1.807, 2.05) is 0 Å². The predicted octanol–water partition coefficient (Wildman–Crippen LogP) is 3.77. The van der Waals surface area contributed by atoms with Gasteiger partial charge in [0.25, 0.3) is 0 Å². The highest BCUT2D eigenvalue weighted by Crippen LogP contribution is 2.36. The van der Waals surface area contributed by atoms with E-state index in [4.69, 9.17) is 9.47 Å². The van der Waals surface area contributed by atoms with Gasteiger partial charge in [-0.25, -0.2) is 0 Å². The quantitative estimate of drug-likeness (QED) is 0.778. The average molecular weight is 342 g/mol. The molecular formula is C17H17F3O4. The molecule has 0 aliphatic rings. The number of methoxy groups -OCH3 is 1. The van der Waals surface area contributed by atoms with Crippen LogP contribution in [0.4, 0.5) is 13.2 Å². The summed E-state index contributed by atoms with van der Waals surface area (Å²) in [5, 5.41) is 9.18. The van der Waals surface area contributed by atoms with Crippen LogP contribution in [0.5, 0.6) is 11.5 Å². The Morgan fingerprint density at radius 3 is 2.38 bits per heavy atom. The SMILES string of the molecule is COCCOc1ccc(-c2cccc(CO)c2)cc1OC(F)(F)F. The van der Waals surface area contributed by atoms with Crippen LogP contribution in [-0.2, 0) is 11.3 Å². The van der Waals surface area contributed by atoms with Gasteiger partial charge in [-0.1, -0.05) is 24.3 Å². The monoisotopic (exact) mass is 342 g/mol. The van der Waals surface area contributed by atoms with Gasteiger partial charge in [0.1, 0.15) is 6.61 Å². The number of aliphatic hydroxyl groups is 1. The first-order valence-corrected chi connectivity index (χ1v) is 7.14. The summed E-state index contributed by atoms with van der Waals surface area (Å²) in [6, 6.07) is 11.2. The van der Waals surface area contributed by atoms with Gasteiger partial charge in [0.2, 0.25) is 0 Å². The lowest BCUT2D eigenvalue weighted by atomic mass is 10.0. The zero-order valence-electron chi connectivity index (χ0n) is 13.0. The standard InChI is InChI=1S/C17H17F3O4/c1-22-7-8-23-15-6-5-14(10-16(15)24-17(18,19)20)13-4-2-3-12(9-13)11-21/h2-6,9-10,21H,7-8,11H2,1H3. The molecule has 0 fully saturated rings. The van der Waals surface area contributed by atoms with E-state index in [1.54, 1.807) is 30.3 Å².